The Morgan fingerprint density at radius 3 is 2.47 bits per heavy atom. The minimum absolute atomic E-state index is 0.0812. The number of amides is 2. The van der Waals surface area contributed by atoms with Gasteiger partial charge in [-0.1, -0.05) is 54.6 Å². The first-order chi connectivity index (χ1) is 16.7. The molecule has 0 bridgehead atoms. The molecule has 0 aliphatic carbocycles. The highest BCUT2D eigenvalue weighted by Crippen LogP contribution is 2.22. The normalized spacial score (nSPS) is 19.4. The van der Waals surface area contributed by atoms with E-state index < -0.39 is 0 Å². The van der Waals surface area contributed by atoms with E-state index in [1.165, 1.54) is 5.56 Å². The smallest absolute Gasteiger partial charge is 0.227 e. The van der Waals surface area contributed by atoms with E-state index >= 15 is 0 Å². The molecule has 2 aliphatic heterocycles. The zero-order chi connectivity index (χ0) is 23.3. The Labute approximate surface area is 201 Å². The maximum absolute atomic E-state index is 13.3. The molecule has 0 spiro atoms. The number of fused-ring (bicyclic) bond motifs is 1. The molecule has 0 radical (unpaired) electrons. The SMILES string of the molecule is O=C(Cc1ccccc1)N1CCCC(C(=O)N2CCN(Cc3cccc4cccnc34)CC2)C1. The van der Waals surface area contributed by atoms with Gasteiger partial charge >= 0.3 is 0 Å². The van der Waals surface area contributed by atoms with Gasteiger partial charge in [-0.2, -0.15) is 0 Å². The maximum Gasteiger partial charge on any atom is 0.227 e. The van der Waals surface area contributed by atoms with Gasteiger partial charge in [-0.15, -0.1) is 0 Å². The first-order valence-corrected chi connectivity index (χ1v) is 12.3. The molecule has 0 saturated carbocycles. The second kappa shape index (κ2) is 10.3. The highest BCUT2D eigenvalue weighted by Gasteiger charge is 2.32. The number of para-hydroxylation sites is 1. The van der Waals surface area contributed by atoms with Crippen molar-refractivity contribution in [1.82, 2.24) is 19.7 Å². The van der Waals surface area contributed by atoms with Gasteiger partial charge in [0.15, 0.2) is 0 Å². The second-order valence-electron chi connectivity index (χ2n) is 9.43. The van der Waals surface area contributed by atoms with Crippen LogP contribution in [-0.2, 0) is 22.6 Å². The number of likely N-dealkylation sites (tertiary alicyclic amines) is 1. The first kappa shape index (κ1) is 22.5. The predicted molar refractivity (Wildman–Crippen MR) is 133 cm³/mol. The van der Waals surface area contributed by atoms with E-state index in [0.29, 0.717) is 13.0 Å². The zero-order valence-corrected chi connectivity index (χ0v) is 19.6. The minimum atomic E-state index is -0.0812. The first-order valence-electron chi connectivity index (χ1n) is 12.3. The fourth-order valence-electron chi connectivity index (χ4n) is 5.21. The molecule has 0 N–H and O–H groups in total. The highest BCUT2D eigenvalue weighted by atomic mass is 16.2. The average molecular weight is 457 g/mol. The summed E-state index contributed by atoms with van der Waals surface area (Å²) in [6.45, 7) is 5.35. The van der Waals surface area contributed by atoms with Gasteiger partial charge in [-0.25, -0.2) is 0 Å². The Kier molecular flexibility index (Phi) is 6.86. The summed E-state index contributed by atoms with van der Waals surface area (Å²) in [5.74, 6) is 0.253. The number of piperazine rings is 1. The lowest BCUT2D eigenvalue weighted by Crippen LogP contribution is -2.52. The summed E-state index contributed by atoms with van der Waals surface area (Å²) in [6.07, 6.45) is 4.02. The van der Waals surface area contributed by atoms with Crippen molar-refractivity contribution in [2.75, 3.05) is 39.3 Å². The molecule has 2 aliphatic rings. The molecule has 34 heavy (non-hydrogen) atoms. The third-order valence-corrected chi connectivity index (χ3v) is 7.12. The van der Waals surface area contributed by atoms with Crippen LogP contribution in [-0.4, -0.2) is 70.8 Å². The summed E-state index contributed by atoms with van der Waals surface area (Å²) in [5.41, 5.74) is 3.32. The molecule has 176 valence electrons. The number of pyridine rings is 1. The largest absolute Gasteiger partial charge is 0.342 e. The fourth-order valence-corrected chi connectivity index (χ4v) is 5.21. The number of carbonyl (C=O) groups is 2. The molecule has 5 rings (SSSR count). The third kappa shape index (κ3) is 5.12. The summed E-state index contributed by atoms with van der Waals surface area (Å²) >= 11 is 0. The van der Waals surface area contributed by atoms with Gasteiger partial charge in [-0.05, 0) is 30.0 Å². The Morgan fingerprint density at radius 2 is 1.65 bits per heavy atom. The number of nitrogens with zero attached hydrogens (tertiary/aromatic N) is 4. The van der Waals surface area contributed by atoms with E-state index in [0.717, 1.165) is 68.6 Å². The number of carbonyl (C=O) groups excluding carboxylic acids is 2. The molecule has 6 nitrogen and oxygen atoms in total. The van der Waals surface area contributed by atoms with Crippen molar-refractivity contribution >= 4 is 22.7 Å². The quantitative estimate of drug-likeness (QED) is 0.591. The van der Waals surface area contributed by atoms with Crippen molar-refractivity contribution in [3.8, 4) is 0 Å². The summed E-state index contributed by atoms with van der Waals surface area (Å²) in [7, 11) is 0. The van der Waals surface area contributed by atoms with Gasteiger partial charge in [0.2, 0.25) is 11.8 Å². The van der Waals surface area contributed by atoms with Gasteiger partial charge in [0, 0.05) is 57.4 Å². The van der Waals surface area contributed by atoms with Gasteiger partial charge < -0.3 is 9.80 Å². The number of benzene rings is 2. The summed E-state index contributed by atoms with van der Waals surface area (Å²) in [5, 5.41) is 1.16. The molecule has 2 fully saturated rings. The molecule has 2 aromatic carbocycles. The van der Waals surface area contributed by atoms with Crippen LogP contribution in [0.5, 0.6) is 0 Å². The van der Waals surface area contributed by atoms with Crippen molar-refractivity contribution in [3.05, 3.63) is 78.0 Å². The molecular weight excluding hydrogens is 424 g/mol. The predicted octanol–water partition coefficient (Wildman–Crippen LogP) is 3.36. The lowest BCUT2D eigenvalue weighted by molar-refractivity contribution is -0.142. The van der Waals surface area contributed by atoms with Crippen LogP contribution >= 0.6 is 0 Å². The van der Waals surface area contributed by atoms with Crippen molar-refractivity contribution < 1.29 is 9.59 Å². The molecule has 6 heteroatoms. The summed E-state index contributed by atoms with van der Waals surface area (Å²) < 4.78 is 0. The number of hydrogen-bond acceptors (Lipinski definition) is 4. The van der Waals surface area contributed by atoms with Gasteiger partial charge in [0.25, 0.3) is 0 Å². The Hall–Kier alpha value is -3.25. The van der Waals surface area contributed by atoms with E-state index in [1.807, 2.05) is 52.4 Å². The Bertz CT molecular complexity index is 1140. The number of piperidine rings is 1. The topological polar surface area (TPSA) is 56.8 Å². The summed E-state index contributed by atoms with van der Waals surface area (Å²) in [4.78, 5) is 37.0. The number of aromatic nitrogens is 1. The minimum Gasteiger partial charge on any atom is -0.342 e. The highest BCUT2D eigenvalue weighted by molar-refractivity contribution is 5.83. The second-order valence-corrected chi connectivity index (χ2v) is 9.43. The molecule has 3 aromatic rings. The lowest BCUT2D eigenvalue weighted by Gasteiger charge is -2.39. The third-order valence-electron chi connectivity index (χ3n) is 7.12. The molecule has 1 atom stereocenters. The molecular formula is C28H32N4O2. The average Bonchev–Trinajstić information content (AvgIpc) is 2.89. The van der Waals surface area contributed by atoms with Crippen molar-refractivity contribution in [2.45, 2.75) is 25.8 Å². The van der Waals surface area contributed by atoms with Crippen molar-refractivity contribution in [3.63, 3.8) is 0 Å². The Balaban J connectivity index is 1.14. The Morgan fingerprint density at radius 1 is 0.853 bits per heavy atom. The van der Waals surface area contributed by atoms with Crippen LogP contribution in [0.3, 0.4) is 0 Å². The van der Waals surface area contributed by atoms with Crippen LogP contribution in [0.25, 0.3) is 10.9 Å². The zero-order valence-electron chi connectivity index (χ0n) is 19.6. The summed E-state index contributed by atoms with van der Waals surface area (Å²) in [6, 6.07) is 20.3. The monoisotopic (exact) mass is 456 g/mol. The fraction of sp³-hybridized carbons (Fsp3) is 0.393. The van der Waals surface area contributed by atoms with Gasteiger partial charge in [0.05, 0.1) is 17.9 Å². The van der Waals surface area contributed by atoms with E-state index in [2.05, 4.69) is 34.1 Å². The van der Waals surface area contributed by atoms with E-state index in [4.69, 9.17) is 0 Å². The van der Waals surface area contributed by atoms with E-state index in [1.54, 1.807) is 0 Å². The molecule has 2 amide bonds. The molecule has 1 aromatic heterocycles. The maximum atomic E-state index is 13.3. The van der Waals surface area contributed by atoms with Crippen LogP contribution in [0.4, 0.5) is 0 Å². The van der Waals surface area contributed by atoms with Crippen LogP contribution in [0.15, 0.2) is 66.9 Å². The number of hydrogen-bond donors (Lipinski definition) is 0. The van der Waals surface area contributed by atoms with Crippen molar-refractivity contribution in [1.29, 1.82) is 0 Å². The van der Waals surface area contributed by atoms with Crippen LogP contribution < -0.4 is 0 Å². The van der Waals surface area contributed by atoms with Gasteiger partial charge in [0.1, 0.15) is 0 Å². The van der Waals surface area contributed by atoms with E-state index in [-0.39, 0.29) is 17.7 Å². The van der Waals surface area contributed by atoms with Crippen LogP contribution in [0.1, 0.15) is 24.0 Å². The van der Waals surface area contributed by atoms with Crippen LogP contribution in [0, 0.1) is 5.92 Å². The van der Waals surface area contributed by atoms with E-state index in [9.17, 15) is 9.59 Å². The lowest BCUT2D eigenvalue weighted by atomic mass is 9.95. The standard InChI is InChI=1S/C28H32N4O2/c33-26(19-22-7-2-1-3-8-22)32-14-6-12-25(21-32)28(34)31-17-15-30(16-18-31)20-24-10-4-9-23-11-5-13-29-27(23)24/h1-5,7-11,13,25H,6,12,14-21H2. The molecule has 2 saturated heterocycles. The number of rotatable bonds is 5. The molecule has 3 heterocycles. The van der Waals surface area contributed by atoms with Crippen molar-refractivity contribution in [2.24, 2.45) is 5.92 Å². The molecule has 1 unspecified atom stereocenters. The van der Waals surface area contributed by atoms with Crippen LogP contribution in [0.2, 0.25) is 0 Å². The van der Waals surface area contributed by atoms with Gasteiger partial charge in [-0.3, -0.25) is 19.5 Å².